The van der Waals surface area contributed by atoms with E-state index in [4.69, 9.17) is 23.4 Å². The number of nitrogens with zero attached hydrogens (tertiary/aromatic N) is 4. The maximum absolute atomic E-state index is 11.9. The maximum atomic E-state index is 11.9. The molecular formula is C19H21N5O6. The molecule has 1 aromatic carbocycles. The Bertz CT molecular complexity index is 954. The molecular weight excluding hydrogens is 394 g/mol. The van der Waals surface area contributed by atoms with Crippen LogP contribution in [0.15, 0.2) is 35.0 Å². The molecule has 2 heterocycles. The number of aromatic nitrogens is 4. The van der Waals surface area contributed by atoms with Gasteiger partial charge in [-0.2, -0.15) is 0 Å². The molecule has 0 spiro atoms. The van der Waals surface area contributed by atoms with E-state index in [1.807, 2.05) is 0 Å². The van der Waals surface area contributed by atoms with Gasteiger partial charge in [-0.25, -0.2) is 9.97 Å². The molecule has 0 aliphatic carbocycles. The number of rotatable bonds is 10. The van der Waals surface area contributed by atoms with Crippen molar-refractivity contribution in [2.75, 3.05) is 33.2 Å². The number of hydrogen-bond donors (Lipinski definition) is 1. The molecule has 0 amide bonds. The molecule has 0 aliphatic rings. The zero-order valence-corrected chi connectivity index (χ0v) is 16.7. The summed E-state index contributed by atoms with van der Waals surface area (Å²) in [5.41, 5.74) is 0.571. The summed E-state index contributed by atoms with van der Waals surface area (Å²) in [4.78, 5) is 19.9. The monoisotopic (exact) mass is 415 g/mol. The van der Waals surface area contributed by atoms with Crippen molar-refractivity contribution in [3.05, 3.63) is 36.5 Å². The van der Waals surface area contributed by atoms with Gasteiger partial charge in [0.2, 0.25) is 17.6 Å². The zero-order valence-electron chi connectivity index (χ0n) is 16.7. The summed E-state index contributed by atoms with van der Waals surface area (Å²) in [7, 11) is 4.54. The largest absolute Gasteiger partial charge is 0.493 e. The summed E-state index contributed by atoms with van der Waals surface area (Å²) in [5, 5.41) is 10.8. The number of ether oxygens (including phenoxy) is 4. The Morgan fingerprint density at radius 3 is 2.37 bits per heavy atom. The molecule has 11 heteroatoms. The van der Waals surface area contributed by atoms with Crippen molar-refractivity contribution in [1.82, 2.24) is 20.2 Å². The molecule has 0 unspecified atom stereocenters. The molecule has 2 aromatic heterocycles. The summed E-state index contributed by atoms with van der Waals surface area (Å²) >= 11 is 0. The summed E-state index contributed by atoms with van der Waals surface area (Å²) in [5.74, 6) is 1.76. The Labute approximate surface area is 172 Å². The van der Waals surface area contributed by atoms with E-state index in [1.54, 1.807) is 30.6 Å². The van der Waals surface area contributed by atoms with Crippen molar-refractivity contribution in [2.45, 2.75) is 13.0 Å². The first kappa shape index (κ1) is 20.8. The van der Waals surface area contributed by atoms with E-state index in [9.17, 15) is 4.79 Å². The zero-order chi connectivity index (χ0) is 21.3. The first-order valence-electron chi connectivity index (χ1n) is 8.94. The van der Waals surface area contributed by atoms with Crippen molar-refractivity contribution < 1.29 is 28.2 Å². The first-order chi connectivity index (χ1) is 14.6. The van der Waals surface area contributed by atoms with Crippen LogP contribution in [0.3, 0.4) is 0 Å². The van der Waals surface area contributed by atoms with Crippen LogP contribution in [-0.2, 0) is 16.1 Å². The van der Waals surface area contributed by atoms with Gasteiger partial charge in [0, 0.05) is 24.5 Å². The molecule has 0 atom stereocenters. The normalized spacial score (nSPS) is 10.4. The third-order valence-corrected chi connectivity index (χ3v) is 3.91. The van der Waals surface area contributed by atoms with E-state index in [1.165, 1.54) is 21.3 Å². The van der Waals surface area contributed by atoms with Gasteiger partial charge in [-0.1, -0.05) is 0 Å². The van der Waals surface area contributed by atoms with Crippen molar-refractivity contribution >= 4 is 11.9 Å². The van der Waals surface area contributed by atoms with Crippen LogP contribution in [0.5, 0.6) is 17.2 Å². The maximum Gasteiger partial charge on any atom is 0.308 e. The summed E-state index contributed by atoms with van der Waals surface area (Å²) in [6.45, 7) is 0.196. The number of carbonyl (C=O) groups excluding carboxylic acids is 1. The van der Waals surface area contributed by atoms with Gasteiger partial charge < -0.3 is 28.7 Å². The summed E-state index contributed by atoms with van der Waals surface area (Å²) in [6.07, 6.45) is 3.34. The Morgan fingerprint density at radius 2 is 1.73 bits per heavy atom. The lowest BCUT2D eigenvalue weighted by Crippen LogP contribution is -2.12. The molecule has 30 heavy (non-hydrogen) atoms. The van der Waals surface area contributed by atoms with Crippen LogP contribution in [0.4, 0.5) is 5.95 Å². The van der Waals surface area contributed by atoms with Gasteiger partial charge in [0.05, 0.1) is 27.8 Å². The van der Waals surface area contributed by atoms with Gasteiger partial charge >= 0.3 is 5.97 Å². The van der Waals surface area contributed by atoms with E-state index < -0.39 is 5.97 Å². The van der Waals surface area contributed by atoms with Crippen molar-refractivity contribution in [1.29, 1.82) is 0 Å². The lowest BCUT2D eigenvalue weighted by atomic mass is 10.2. The second kappa shape index (κ2) is 10.0. The molecule has 3 aromatic rings. The molecule has 3 rings (SSSR count). The molecule has 0 saturated carbocycles. The van der Waals surface area contributed by atoms with Crippen LogP contribution in [-0.4, -0.2) is 54.0 Å². The van der Waals surface area contributed by atoms with Crippen LogP contribution < -0.4 is 19.5 Å². The number of nitrogens with one attached hydrogen (secondary N) is 1. The Balaban J connectivity index is 1.56. The highest BCUT2D eigenvalue weighted by Crippen LogP contribution is 2.40. The van der Waals surface area contributed by atoms with E-state index in [2.05, 4.69) is 25.5 Å². The number of methoxy groups -OCH3 is 3. The highest BCUT2D eigenvalue weighted by molar-refractivity contribution is 5.70. The molecule has 0 bridgehead atoms. The fraction of sp³-hybridized carbons (Fsp3) is 0.316. The Hall–Kier alpha value is -3.89. The molecule has 11 nitrogen and oxygen atoms in total. The van der Waals surface area contributed by atoms with E-state index in [0.29, 0.717) is 35.3 Å². The van der Waals surface area contributed by atoms with Gasteiger partial charge in [0.25, 0.3) is 5.89 Å². The standard InChI is InChI=1S/C19H21N5O6/c1-26-13-9-12(10-14(27-2)17(13)28-3)18-24-23-15(30-18)11-29-16(25)5-8-22-19-20-6-4-7-21-19/h4,6-7,9-10H,5,8,11H2,1-3H3,(H,20,21,22). The van der Waals surface area contributed by atoms with Crippen LogP contribution in [0.25, 0.3) is 11.5 Å². The lowest BCUT2D eigenvalue weighted by molar-refractivity contribution is -0.145. The van der Waals surface area contributed by atoms with Crippen molar-refractivity contribution in [3.63, 3.8) is 0 Å². The summed E-state index contributed by atoms with van der Waals surface area (Å²) < 4.78 is 26.7. The molecule has 1 N–H and O–H groups in total. The minimum atomic E-state index is -0.425. The van der Waals surface area contributed by atoms with Gasteiger partial charge in [-0.05, 0) is 18.2 Å². The van der Waals surface area contributed by atoms with Crippen LogP contribution in [0.2, 0.25) is 0 Å². The van der Waals surface area contributed by atoms with Gasteiger partial charge in [-0.15, -0.1) is 10.2 Å². The topological polar surface area (TPSA) is 131 Å². The number of esters is 1. The number of benzene rings is 1. The average Bonchev–Trinajstić information content (AvgIpc) is 3.26. The predicted octanol–water partition coefficient (Wildman–Crippen LogP) is 2.10. The quantitative estimate of drug-likeness (QED) is 0.488. The minimum Gasteiger partial charge on any atom is -0.493 e. The summed E-state index contributed by atoms with van der Waals surface area (Å²) in [6, 6.07) is 5.07. The van der Waals surface area contributed by atoms with E-state index in [0.717, 1.165) is 0 Å². The van der Waals surface area contributed by atoms with Gasteiger partial charge in [-0.3, -0.25) is 4.79 Å². The van der Waals surface area contributed by atoms with E-state index in [-0.39, 0.29) is 24.8 Å². The minimum absolute atomic E-state index is 0.131. The highest BCUT2D eigenvalue weighted by Gasteiger charge is 2.18. The highest BCUT2D eigenvalue weighted by atomic mass is 16.5. The van der Waals surface area contributed by atoms with Gasteiger partial charge in [0.1, 0.15) is 0 Å². The first-order valence-corrected chi connectivity index (χ1v) is 8.94. The molecule has 0 radical (unpaired) electrons. The van der Waals surface area contributed by atoms with Crippen LogP contribution in [0.1, 0.15) is 12.3 Å². The fourth-order valence-electron chi connectivity index (χ4n) is 2.51. The number of carbonyl (C=O) groups is 1. The average molecular weight is 415 g/mol. The van der Waals surface area contributed by atoms with Crippen LogP contribution >= 0.6 is 0 Å². The number of hydrogen-bond acceptors (Lipinski definition) is 11. The lowest BCUT2D eigenvalue weighted by Gasteiger charge is -2.12. The van der Waals surface area contributed by atoms with E-state index >= 15 is 0 Å². The van der Waals surface area contributed by atoms with Gasteiger partial charge in [0.15, 0.2) is 18.1 Å². The third kappa shape index (κ3) is 5.13. The number of anilines is 1. The fourth-order valence-corrected chi connectivity index (χ4v) is 2.51. The Morgan fingerprint density at radius 1 is 1.03 bits per heavy atom. The molecule has 0 aliphatic heterocycles. The predicted molar refractivity (Wildman–Crippen MR) is 104 cm³/mol. The van der Waals surface area contributed by atoms with Crippen molar-refractivity contribution in [2.24, 2.45) is 0 Å². The smallest absolute Gasteiger partial charge is 0.308 e. The molecule has 0 fully saturated rings. The molecule has 0 saturated heterocycles. The molecule has 158 valence electrons. The van der Waals surface area contributed by atoms with Crippen LogP contribution in [0, 0.1) is 0 Å². The second-order valence-electron chi connectivity index (χ2n) is 5.82. The van der Waals surface area contributed by atoms with Crippen molar-refractivity contribution in [3.8, 4) is 28.7 Å². The second-order valence-corrected chi connectivity index (χ2v) is 5.82. The third-order valence-electron chi connectivity index (χ3n) is 3.91. The Kier molecular flexibility index (Phi) is 6.98. The SMILES string of the molecule is COc1cc(-c2nnc(COC(=O)CCNc3ncccn3)o2)cc(OC)c1OC.